The SMILES string of the molecule is COCCOCCC(NN)c1cccc2cccnc12. The van der Waals surface area contributed by atoms with Gasteiger partial charge in [-0.05, 0) is 18.1 Å². The number of para-hydroxylation sites is 1. The highest BCUT2D eigenvalue weighted by Gasteiger charge is 2.13. The third-order valence-electron chi connectivity index (χ3n) is 3.22. The van der Waals surface area contributed by atoms with E-state index in [1.165, 1.54) is 0 Å². The van der Waals surface area contributed by atoms with Gasteiger partial charge in [0.05, 0.1) is 24.8 Å². The van der Waals surface area contributed by atoms with E-state index in [1.54, 1.807) is 13.3 Å². The normalized spacial score (nSPS) is 12.7. The Kier molecular flexibility index (Phi) is 5.88. The fraction of sp³-hybridized carbons (Fsp3) is 0.400. The average molecular weight is 275 g/mol. The Bertz CT molecular complexity index is 528. The van der Waals surface area contributed by atoms with E-state index in [4.69, 9.17) is 15.3 Å². The monoisotopic (exact) mass is 275 g/mol. The number of benzene rings is 1. The molecule has 5 heteroatoms. The summed E-state index contributed by atoms with van der Waals surface area (Å²) in [5.41, 5.74) is 4.93. The predicted molar refractivity (Wildman–Crippen MR) is 79.1 cm³/mol. The van der Waals surface area contributed by atoms with Crippen LogP contribution < -0.4 is 11.3 Å². The van der Waals surface area contributed by atoms with Gasteiger partial charge in [0.2, 0.25) is 0 Å². The van der Waals surface area contributed by atoms with Gasteiger partial charge in [-0.25, -0.2) is 0 Å². The van der Waals surface area contributed by atoms with Gasteiger partial charge in [-0.3, -0.25) is 16.3 Å². The lowest BCUT2D eigenvalue weighted by molar-refractivity contribution is 0.0658. The van der Waals surface area contributed by atoms with E-state index in [0.29, 0.717) is 19.8 Å². The summed E-state index contributed by atoms with van der Waals surface area (Å²) >= 11 is 0. The lowest BCUT2D eigenvalue weighted by atomic mass is 10.0. The van der Waals surface area contributed by atoms with E-state index in [0.717, 1.165) is 22.9 Å². The van der Waals surface area contributed by atoms with Crippen molar-refractivity contribution in [2.24, 2.45) is 5.84 Å². The third-order valence-corrected chi connectivity index (χ3v) is 3.22. The molecule has 0 fully saturated rings. The summed E-state index contributed by atoms with van der Waals surface area (Å²) in [5.74, 6) is 5.68. The molecule has 5 nitrogen and oxygen atoms in total. The molecule has 1 unspecified atom stereocenters. The van der Waals surface area contributed by atoms with Crippen molar-refractivity contribution in [1.82, 2.24) is 10.4 Å². The zero-order valence-corrected chi connectivity index (χ0v) is 11.7. The number of nitrogens with zero attached hydrogens (tertiary/aromatic N) is 1. The molecule has 0 saturated heterocycles. The van der Waals surface area contributed by atoms with Crippen molar-refractivity contribution in [2.75, 3.05) is 26.9 Å². The van der Waals surface area contributed by atoms with Gasteiger partial charge in [0.25, 0.3) is 0 Å². The summed E-state index contributed by atoms with van der Waals surface area (Å²) in [7, 11) is 1.66. The zero-order valence-electron chi connectivity index (χ0n) is 11.7. The molecule has 1 atom stereocenters. The molecule has 0 spiro atoms. The fourth-order valence-electron chi connectivity index (χ4n) is 2.18. The van der Waals surface area contributed by atoms with Gasteiger partial charge < -0.3 is 9.47 Å². The number of nitrogens with two attached hydrogens (primary N) is 1. The van der Waals surface area contributed by atoms with Crippen LogP contribution in [0.25, 0.3) is 10.9 Å². The number of hydrogen-bond acceptors (Lipinski definition) is 5. The number of pyridine rings is 1. The Morgan fingerprint density at radius 3 is 2.85 bits per heavy atom. The van der Waals surface area contributed by atoms with Crippen LogP contribution in [0.2, 0.25) is 0 Å². The quantitative estimate of drug-likeness (QED) is 0.437. The van der Waals surface area contributed by atoms with Crippen LogP contribution in [0.5, 0.6) is 0 Å². The topological polar surface area (TPSA) is 69.4 Å². The van der Waals surface area contributed by atoms with Crippen LogP contribution >= 0.6 is 0 Å². The predicted octanol–water partition coefficient (Wildman–Crippen LogP) is 1.79. The van der Waals surface area contributed by atoms with E-state index < -0.39 is 0 Å². The Balaban J connectivity index is 2.05. The minimum atomic E-state index is 0.0242. The number of fused-ring (bicyclic) bond motifs is 1. The molecule has 0 amide bonds. The molecule has 1 heterocycles. The first kappa shape index (κ1) is 14.9. The van der Waals surface area contributed by atoms with Crippen molar-refractivity contribution in [3.63, 3.8) is 0 Å². The maximum Gasteiger partial charge on any atom is 0.0750 e. The van der Waals surface area contributed by atoms with Crippen molar-refractivity contribution in [3.8, 4) is 0 Å². The summed E-state index contributed by atoms with van der Waals surface area (Å²) in [5, 5.41) is 1.12. The molecule has 2 aromatic rings. The van der Waals surface area contributed by atoms with Crippen molar-refractivity contribution in [3.05, 3.63) is 42.1 Å². The van der Waals surface area contributed by atoms with Crippen molar-refractivity contribution < 1.29 is 9.47 Å². The molecule has 1 aromatic heterocycles. The summed E-state index contributed by atoms with van der Waals surface area (Å²) in [4.78, 5) is 4.45. The smallest absolute Gasteiger partial charge is 0.0750 e. The second-order valence-corrected chi connectivity index (χ2v) is 4.54. The first-order valence-electron chi connectivity index (χ1n) is 6.73. The molecular weight excluding hydrogens is 254 g/mol. The first-order valence-corrected chi connectivity index (χ1v) is 6.73. The summed E-state index contributed by atoms with van der Waals surface area (Å²) in [6, 6.07) is 10.1. The highest BCUT2D eigenvalue weighted by molar-refractivity contribution is 5.81. The van der Waals surface area contributed by atoms with E-state index in [9.17, 15) is 0 Å². The molecule has 2 rings (SSSR count). The van der Waals surface area contributed by atoms with Gasteiger partial charge in [0.1, 0.15) is 0 Å². The highest BCUT2D eigenvalue weighted by Crippen LogP contribution is 2.24. The molecule has 0 aliphatic heterocycles. The van der Waals surface area contributed by atoms with Crippen LogP contribution in [0, 0.1) is 0 Å². The summed E-state index contributed by atoms with van der Waals surface area (Å²) in [6.45, 7) is 1.83. The number of nitrogens with one attached hydrogen (secondary N) is 1. The minimum absolute atomic E-state index is 0.0242. The Hall–Kier alpha value is -1.53. The number of hydrazine groups is 1. The zero-order chi connectivity index (χ0) is 14.2. The largest absolute Gasteiger partial charge is 0.382 e. The number of ether oxygens (including phenoxy) is 2. The van der Waals surface area contributed by atoms with Gasteiger partial charge in [-0.2, -0.15) is 0 Å². The molecule has 0 aliphatic carbocycles. The van der Waals surface area contributed by atoms with E-state index >= 15 is 0 Å². The van der Waals surface area contributed by atoms with E-state index in [-0.39, 0.29) is 6.04 Å². The maximum absolute atomic E-state index is 5.68. The van der Waals surface area contributed by atoms with Gasteiger partial charge in [-0.1, -0.05) is 24.3 Å². The van der Waals surface area contributed by atoms with Crippen LogP contribution in [0.1, 0.15) is 18.0 Å². The second kappa shape index (κ2) is 7.91. The fourth-order valence-corrected chi connectivity index (χ4v) is 2.18. The molecular formula is C15H21N3O2. The Labute approximate surface area is 119 Å². The summed E-state index contributed by atoms with van der Waals surface area (Å²) < 4.78 is 10.4. The number of aromatic nitrogens is 1. The molecule has 0 saturated carbocycles. The standard InChI is InChI=1S/C15H21N3O2/c1-19-10-11-20-9-7-14(18-16)13-6-2-4-12-5-3-8-17-15(12)13/h2-6,8,14,18H,7,9-11,16H2,1H3. The molecule has 0 radical (unpaired) electrons. The molecule has 20 heavy (non-hydrogen) atoms. The Morgan fingerprint density at radius 2 is 2.05 bits per heavy atom. The van der Waals surface area contributed by atoms with Crippen LogP contribution in [-0.4, -0.2) is 31.9 Å². The Morgan fingerprint density at radius 1 is 1.20 bits per heavy atom. The van der Waals surface area contributed by atoms with Crippen molar-refractivity contribution >= 4 is 10.9 Å². The second-order valence-electron chi connectivity index (χ2n) is 4.54. The minimum Gasteiger partial charge on any atom is -0.382 e. The first-order chi connectivity index (χ1) is 9.86. The summed E-state index contributed by atoms with van der Waals surface area (Å²) in [6.07, 6.45) is 2.59. The van der Waals surface area contributed by atoms with Gasteiger partial charge >= 0.3 is 0 Å². The van der Waals surface area contributed by atoms with Gasteiger partial charge in [0.15, 0.2) is 0 Å². The lowest BCUT2D eigenvalue weighted by Gasteiger charge is -2.17. The van der Waals surface area contributed by atoms with Gasteiger partial charge in [-0.15, -0.1) is 0 Å². The third kappa shape index (κ3) is 3.74. The number of rotatable bonds is 8. The van der Waals surface area contributed by atoms with Crippen LogP contribution in [0.15, 0.2) is 36.5 Å². The van der Waals surface area contributed by atoms with E-state index in [2.05, 4.69) is 28.6 Å². The molecule has 0 aliphatic rings. The number of hydrogen-bond donors (Lipinski definition) is 2. The van der Waals surface area contributed by atoms with Crippen LogP contribution in [-0.2, 0) is 9.47 Å². The highest BCUT2D eigenvalue weighted by atomic mass is 16.5. The molecule has 3 N–H and O–H groups in total. The molecule has 0 bridgehead atoms. The molecule has 108 valence electrons. The lowest BCUT2D eigenvalue weighted by Crippen LogP contribution is -2.29. The van der Waals surface area contributed by atoms with Gasteiger partial charge in [0, 0.05) is 25.3 Å². The maximum atomic E-state index is 5.68. The number of methoxy groups -OCH3 is 1. The van der Waals surface area contributed by atoms with E-state index in [1.807, 2.05) is 12.1 Å². The average Bonchev–Trinajstić information content (AvgIpc) is 2.51. The van der Waals surface area contributed by atoms with Crippen LogP contribution in [0.3, 0.4) is 0 Å². The van der Waals surface area contributed by atoms with Crippen molar-refractivity contribution in [1.29, 1.82) is 0 Å². The van der Waals surface area contributed by atoms with Crippen LogP contribution in [0.4, 0.5) is 0 Å². The molecule has 1 aromatic carbocycles. The van der Waals surface area contributed by atoms with Crippen molar-refractivity contribution in [2.45, 2.75) is 12.5 Å².